The van der Waals surface area contributed by atoms with Gasteiger partial charge in [0, 0.05) is 19.0 Å². The SMILES string of the molecule is CCCN1C/C(=C\c2ccccc2)C2NC(=S)NC(c3ccccc3)C2C1. The van der Waals surface area contributed by atoms with E-state index in [0.717, 1.165) is 24.7 Å². The Morgan fingerprint density at radius 3 is 2.37 bits per heavy atom. The van der Waals surface area contributed by atoms with Crippen LogP contribution in [0.1, 0.15) is 30.5 Å². The van der Waals surface area contributed by atoms with Crippen LogP contribution in [0.3, 0.4) is 0 Å². The number of likely N-dealkylation sites (tertiary alicyclic amines) is 1. The van der Waals surface area contributed by atoms with Crippen molar-refractivity contribution in [2.45, 2.75) is 25.4 Å². The molecule has 3 atom stereocenters. The molecule has 3 unspecified atom stereocenters. The molecule has 2 aromatic carbocycles. The average Bonchev–Trinajstić information content (AvgIpc) is 2.70. The average molecular weight is 378 g/mol. The van der Waals surface area contributed by atoms with Gasteiger partial charge in [-0.05, 0) is 41.9 Å². The van der Waals surface area contributed by atoms with Crippen molar-refractivity contribution < 1.29 is 0 Å². The van der Waals surface area contributed by atoms with Gasteiger partial charge in [-0.3, -0.25) is 4.90 Å². The lowest BCUT2D eigenvalue weighted by Gasteiger charge is -2.48. The van der Waals surface area contributed by atoms with Crippen LogP contribution in [-0.2, 0) is 0 Å². The van der Waals surface area contributed by atoms with E-state index in [1.54, 1.807) is 0 Å². The lowest BCUT2D eigenvalue weighted by molar-refractivity contribution is 0.154. The summed E-state index contributed by atoms with van der Waals surface area (Å²) in [5.74, 6) is 0.439. The predicted molar refractivity (Wildman–Crippen MR) is 116 cm³/mol. The first kappa shape index (κ1) is 18.2. The number of thiocarbonyl (C=S) groups is 1. The molecule has 0 aromatic heterocycles. The second-order valence-corrected chi connectivity index (χ2v) is 7.92. The zero-order chi connectivity index (χ0) is 18.6. The maximum absolute atomic E-state index is 5.59. The van der Waals surface area contributed by atoms with E-state index in [1.807, 2.05) is 0 Å². The van der Waals surface area contributed by atoms with E-state index >= 15 is 0 Å². The van der Waals surface area contributed by atoms with Crippen LogP contribution in [0.4, 0.5) is 0 Å². The van der Waals surface area contributed by atoms with Gasteiger partial charge in [-0.1, -0.05) is 73.7 Å². The highest BCUT2D eigenvalue weighted by Crippen LogP contribution is 2.35. The summed E-state index contributed by atoms with van der Waals surface area (Å²) in [6.07, 6.45) is 3.52. The van der Waals surface area contributed by atoms with Crippen molar-refractivity contribution in [3.05, 3.63) is 77.4 Å². The van der Waals surface area contributed by atoms with Gasteiger partial charge in [-0.2, -0.15) is 0 Å². The molecule has 0 bridgehead atoms. The fourth-order valence-corrected chi connectivity index (χ4v) is 4.66. The summed E-state index contributed by atoms with van der Waals surface area (Å²) in [4.78, 5) is 2.59. The zero-order valence-corrected chi connectivity index (χ0v) is 16.6. The summed E-state index contributed by atoms with van der Waals surface area (Å²) >= 11 is 5.59. The van der Waals surface area contributed by atoms with Gasteiger partial charge in [-0.25, -0.2) is 0 Å². The van der Waals surface area contributed by atoms with Gasteiger partial charge in [0.2, 0.25) is 0 Å². The third kappa shape index (κ3) is 4.07. The van der Waals surface area contributed by atoms with E-state index in [0.29, 0.717) is 5.92 Å². The molecule has 2 aliphatic heterocycles. The number of hydrogen-bond acceptors (Lipinski definition) is 2. The summed E-state index contributed by atoms with van der Waals surface area (Å²) in [6, 6.07) is 21.9. The van der Waals surface area contributed by atoms with Crippen LogP contribution >= 0.6 is 12.2 Å². The quantitative estimate of drug-likeness (QED) is 0.788. The first-order valence-corrected chi connectivity index (χ1v) is 10.3. The van der Waals surface area contributed by atoms with Gasteiger partial charge in [0.15, 0.2) is 5.11 Å². The minimum atomic E-state index is 0.240. The van der Waals surface area contributed by atoms with Crippen molar-refractivity contribution in [2.24, 2.45) is 5.92 Å². The van der Waals surface area contributed by atoms with Gasteiger partial charge < -0.3 is 10.6 Å². The zero-order valence-electron chi connectivity index (χ0n) is 15.8. The fourth-order valence-electron chi connectivity index (χ4n) is 4.40. The van der Waals surface area contributed by atoms with Crippen LogP contribution in [0.25, 0.3) is 6.08 Å². The molecule has 2 aromatic rings. The van der Waals surface area contributed by atoms with Crippen molar-refractivity contribution in [3.8, 4) is 0 Å². The minimum Gasteiger partial charge on any atom is -0.356 e. The van der Waals surface area contributed by atoms with E-state index in [2.05, 4.69) is 89.2 Å². The highest BCUT2D eigenvalue weighted by molar-refractivity contribution is 7.80. The highest BCUT2D eigenvalue weighted by Gasteiger charge is 2.41. The van der Waals surface area contributed by atoms with E-state index < -0.39 is 0 Å². The lowest BCUT2D eigenvalue weighted by atomic mass is 9.78. The molecule has 2 N–H and O–H groups in total. The third-order valence-corrected chi connectivity index (χ3v) is 5.79. The topological polar surface area (TPSA) is 27.3 Å². The van der Waals surface area contributed by atoms with Gasteiger partial charge in [0.05, 0.1) is 12.1 Å². The Bertz CT molecular complexity index is 803. The van der Waals surface area contributed by atoms with Crippen LogP contribution in [0.2, 0.25) is 0 Å². The van der Waals surface area contributed by atoms with Gasteiger partial charge in [-0.15, -0.1) is 0 Å². The smallest absolute Gasteiger partial charge is 0.167 e. The Labute approximate surface area is 167 Å². The number of nitrogens with zero attached hydrogens (tertiary/aromatic N) is 1. The molecule has 2 fully saturated rings. The standard InChI is InChI=1S/C23H27N3S/c1-2-13-26-15-19(14-17-9-5-3-6-10-17)22-20(16-26)21(24-23(27)25-22)18-11-7-4-8-12-18/h3-12,14,20-22H,2,13,15-16H2,1H3,(H2,24,25,27)/b19-14+. The number of benzene rings is 2. The summed E-state index contributed by atoms with van der Waals surface area (Å²) in [5, 5.41) is 7.88. The highest BCUT2D eigenvalue weighted by atomic mass is 32.1. The van der Waals surface area contributed by atoms with E-state index in [-0.39, 0.29) is 12.1 Å². The third-order valence-electron chi connectivity index (χ3n) is 5.55. The Hall–Kier alpha value is -2.17. The van der Waals surface area contributed by atoms with Gasteiger partial charge in [0.25, 0.3) is 0 Å². The van der Waals surface area contributed by atoms with E-state index in [4.69, 9.17) is 12.2 Å². The molecule has 140 valence electrons. The van der Waals surface area contributed by atoms with Gasteiger partial charge >= 0.3 is 0 Å². The Morgan fingerprint density at radius 2 is 1.67 bits per heavy atom. The second kappa shape index (κ2) is 8.24. The maximum Gasteiger partial charge on any atom is 0.167 e. The Balaban J connectivity index is 1.71. The van der Waals surface area contributed by atoms with Gasteiger partial charge in [0.1, 0.15) is 0 Å². The molecule has 4 heteroatoms. The number of piperidine rings is 1. The molecule has 2 saturated heterocycles. The Morgan fingerprint density at radius 1 is 1.00 bits per heavy atom. The molecule has 2 heterocycles. The van der Waals surface area contributed by atoms with Crippen LogP contribution in [0.15, 0.2) is 66.2 Å². The number of nitrogens with one attached hydrogen (secondary N) is 2. The summed E-state index contributed by atoms with van der Waals surface area (Å²) < 4.78 is 0. The molecular weight excluding hydrogens is 350 g/mol. The molecule has 4 rings (SSSR count). The van der Waals surface area contributed by atoms with Crippen molar-refractivity contribution in [2.75, 3.05) is 19.6 Å². The predicted octanol–water partition coefficient (Wildman–Crippen LogP) is 4.00. The monoisotopic (exact) mass is 377 g/mol. The molecule has 0 radical (unpaired) electrons. The molecule has 27 heavy (non-hydrogen) atoms. The molecule has 0 spiro atoms. The van der Waals surface area contributed by atoms with Crippen molar-refractivity contribution in [3.63, 3.8) is 0 Å². The largest absolute Gasteiger partial charge is 0.356 e. The molecule has 0 aliphatic carbocycles. The van der Waals surface area contributed by atoms with Crippen LogP contribution < -0.4 is 10.6 Å². The summed E-state index contributed by atoms with van der Waals surface area (Å²) in [5.41, 5.74) is 4.00. The summed E-state index contributed by atoms with van der Waals surface area (Å²) in [6.45, 7) is 5.46. The normalized spacial score (nSPS) is 26.9. The minimum absolute atomic E-state index is 0.240. The van der Waals surface area contributed by atoms with Crippen molar-refractivity contribution in [1.82, 2.24) is 15.5 Å². The van der Waals surface area contributed by atoms with Crippen LogP contribution in [0, 0.1) is 5.92 Å². The Kier molecular flexibility index (Phi) is 5.55. The molecule has 2 aliphatic rings. The first-order valence-electron chi connectivity index (χ1n) is 9.84. The van der Waals surface area contributed by atoms with Crippen LogP contribution in [-0.4, -0.2) is 35.7 Å². The second-order valence-electron chi connectivity index (χ2n) is 7.51. The molecular formula is C23H27N3S. The van der Waals surface area contributed by atoms with Crippen molar-refractivity contribution in [1.29, 1.82) is 0 Å². The lowest BCUT2D eigenvalue weighted by Crippen LogP contribution is -2.62. The van der Waals surface area contributed by atoms with Crippen LogP contribution in [0.5, 0.6) is 0 Å². The number of rotatable bonds is 4. The molecule has 0 saturated carbocycles. The fraction of sp³-hybridized carbons (Fsp3) is 0.348. The van der Waals surface area contributed by atoms with E-state index in [9.17, 15) is 0 Å². The van der Waals surface area contributed by atoms with E-state index in [1.165, 1.54) is 23.1 Å². The number of hydrogen-bond donors (Lipinski definition) is 2. The van der Waals surface area contributed by atoms with Crippen molar-refractivity contribution >= 4 is 23.4 Å². The molecule has 0 amide bonds. The first-order chi connectivity index (χ1) is 13.2. The summed E-state index contributed by atoms with van der Waals surface area (Å²) in [7, 11) is 0. The number of fused-ring (bicyclic) bond motifs is 1. The molecule has 3 nitrogen and oxygen atoms in total. The maximum atomic E-state index is 5.59.